The van der Waals surface area contributed by atoms with Gasteiger partial charge in [-0.15, -0.1) is 0 Å². The number of hydrogen-bond donors (Lipinski definition) is 0. The Kier molecular flexibility index (Phi) is 8.60. The molecule has 0 N–H and O–H groups in total. The van der Waals surface area contributed by atoms with Crippen molar-refractivity contribution in [2.75, 3.05) is 20.3 Å². The van der Waals surface area contributed by atoms with Crippen LogP contribution in [0.15, 0.2) is 34.9 Å². The first kappa shape index (κ1) is 26.3. The van der Waals surface area contributed by atoms with Crippen LogP contribution in [0.5, 0.6) is 0 Å². The zero-order valence-corrected chi connectivity index (χ0v) is 20.3. The molecule has 1 atom stereocenters. The van der Waals surface area contributed by atoms with Crippen molar-refractivity contribution >= 4 is 12.1 Å². The summed E-state index contributed by atoms with van der Waals surface area (Å²) in [6, 6.07) is 8.60. The molecule has 2 rings (SSSR count). The molecule has 2 aromatic rings. The van der Waals surface area contributed by atoms with Crippen molar-refractivity contribution in [2.24, 2.45) is 0 Å². The van der Waals surface area contributed by atoms with E-state index in [1.807, 2.05) is 0 Å². The van der Waals surface area contributed by atoms with Gasteiger partial charge in [0.15, 0.2) is 11.5 Å². The molecule has 1 aromatic heterocycles. The van der Waals surface area contributed by atoms with Crippen molar-refractivity contribution < 1.29 is 32.7 Å². The molecule has 33 heavy (non-hydrogen) atoms. The van der Waals surface area contributed by atoms with E-state index in [0.717, 1.165) is 5.56 Å². The van der Waals surface area contributed by atoms with E-state index in [4.69, 9.17) is 18.7 Å². The van der Waals surface area contributed by atoms with Crippen LogP contribution in [0.25, 0.3) is 11.3 Å². The van der Waals surface area contributed by atoms with Gasteiger partial charge in [0, 0.05) is 25.1 Å². The number of carbonyl (C=O) groups excluding carboxylic acids is 2. The standard InChI is InChI=1S/C24H33FN2O6/c1-8-30-21(28)18-15-20(33-26-18)17-11-9-16(10-12-17)19(13-14-25)31-24(5,6)27(7)22(29)32-23(2,3)4/h9-12,15,19H,8,13-14H2,1-7H3. The second-order valence-electron chi connectivity index (χ2n) is 8.99. The lowest BCUT2D eigenvalue weighted by molar-refractivity contribution is -0.155. The summed E-state index contributed by atoms with van der Waals surface area (Å²) in [5.74, 6) is -0.158. The molecule has 0 saturated carbocycles. The SMILES string of the molecule is CCOC(=O)c1cc(-c2ccc(C(CCF)OC(C)(C)N(C)C(=O)OC(C)(C)C)cc2)on1. The number of esters is 1. The van der Waals surface area contributed by atoms with Crippen molar-refractivity contribution in [1.82, 2.24) is 10.1 Å². The first-order valence-electron chi connectivity index (χ1n) is 10.8. The topological polar surface area (TPSA) is 91.1 Å². The molecule has 0 radical (unpaired) electrons. The van der Waals surface area contributed by atoms with E-state index in [1.165, 1.54) is 11.0 Å². The third-order valence-electron chi connectivity index (χ3n) is 4.84. The van der Waals surface area contributed by atoms with Crippen LogP contribution >= 0.6 is 0 Å². The quantitative estimate of drug-likeness (QED) is 0.355. The first-order chi connectivity index (χ1) is 15.4. The smallest absolute Gasteiger partial charge is 0.412 e. The van der Waals surface area contributed by atoms with Crippen LogP contribution < -0.4 is 0 Å². The number of halogens is 1. The van der Waals surface area contributed by atoms with Gasteiger partial charge in [-0.1, -0.05) is 29.4 Å². The van der Waals surface area contributed by atoms with Gasteiger partial charge in [-0.2, -0.15) is 0 Å². The van der Waals surface area contributed by atoms with E-state index in [-0.39, 0.29) is 18.7 Å². The molecule has 0 aliphatic carbocycles. The fourth-order valence-corrected chi connectivity index (χ4v) is 2.94. The Balaban J connectivity index is 2.17. The van der Waals surface area contributed by atoms with Gasteiger partial charge >= 0.3 is 12.1 Å². The minimum absolute atomic E-state index is 0.0847. The van der Waals surface area contributed by atoms with Gasteiger partial charge in [-0.3, -0.25) is 9.29 Å². The molecule has 1 aromatic carbocycles. The van der Waals surface area contributed by atoms with Crippen LogP contribution in [-0.4, -0.2) is 53.8 Å². The van der Waals surface area contributed by atoms with E-state index in [1.54, 1.807) is 72.9 Å². The summed E-state index contributed by atoms with van der Waals surface area (Å²) in [5.41, 5.74) is -0.205. The second-order valence-corrected chi connectivity index (χ2v) is 8.99. The predicted molar refractivity (Wildman–Crippen MR) is 120 cm³/mol. The Morgan fingerprint density at radius 2 is 1.79 bits per heavy atom. The summed E-state index contributed by atoms with van der Waals surface area (Å²) in [6.45, 7) is 10.2. The predicted octanol–water partition coefficient (Wildman–Crippen LogP) is 5.54. The number of amides is 1. The second kappa shape index (κ2) is 10.8. The van der Waals surface area contributed by atoms with Crippen molar-refractivity contribution in [3.05, 3.63) is 41.6 Å². The lowest BCUT2D eigenvalue weighted by atomic mass is 10.0. The number of hydrogen-bond acceptors (Lipinski definition) is 7. The third-order valence-corrected chi connectivity index (χ3v) is 4.84. The molecule has 0 fully saturated rings. The van der Waals surface area contributed by atoms with Crippen molar-refractivity contribution in [2.45, 2.75) is 65.4 Å². The van der Waals surface area contributed by atoms with Crippen LogP contribution in [0.3, 0.4) is 0 Å². The van der Waals surface area contributed by atoms with E-state index in [9.17, 15) is 14.0 Å². The summed E-state index contributed by atoms with van der Waals surface area (Å²) in [6.07, 6.45) is -1.03. The highest BCUT2D eigenvalue weighted by atomic mass is 19.1. The largest absolute Gasteiger partial charge is 0.461 e. The number of benzene rings is 1. The van der Waals surface area contributed by atoms with Gasteiger partial charge in [0.25, 0.3) is 0 Å². The van der Waals surface area contributed by atoms with Gasteiger partial charge in [-0.05, 0) is 47.1 Å². The molecule has 0 spiro atoms. The molecule has 1 amide bonds. The summed E-state index contributed by atoms with van der Waals surface area (Å²) in [5, 5.41) is 3.73. The van der Waals surface area contributed by atoms with Gasteiger partial charge in [0.05, 0.1) is 19.4 Å². The fraction of sp³-hybridized carbons (Fsp3) is 0.542. The van der Waals surface area contributed by atoms with Crippen LogP contribution in [0, 0.1) is 0 Å². The molecule has 0 aliphatic heterocycles. The number of rotatable bonds is 9. The molecule has 0 aliphatic rings. The zero-order chi connectivity index (χ0) is 24.8. The zero-order valence-electron chi connectivity index (χ0n) is 20.3. The molecular formula is C24H33FN2O6. The van der Waals surface area contributed by atoms with Gasteiger partial charge in [0.1, 0.15) is 11.3 Å². The Bertz CT molecular complexity index is 933. The normalized spacial score (nSPS) is 12.8. The van der Waals surface area contributed by atoms with Gasteiger partial charge in [-0.25, -0.2) is 9.59 Å². The average Bonchev–Trinajstić information content (AvgIpc) is 3.22. The van der Waals surface area contributed by atoms with E-state index in [0.29, 0.717) is 11.3 Å². The van der Waals surface area contributed by atoms with Crippen LogP contribution in [0.2, 0.25) is 0 Å². The van der Waals surface area contributed by atoms with Gasteiger partial charge < -0.3 is 18.7 Å². The summed E-state index contributed by atoms with van der Waals surface area (Å²) < 4.78 is 35.1. The van der Waals surface area contributed by atoms with Gasteiger partial charge in [0.2, 0.25) is 0 Å². The maximum Gasteiger partial charge on any atom is 0.412 e. The lowest BCUT2D eigenvalue weighted by Crippen LogP contribution is -2.49. The maximum atomic E-state index is 13.3. The van der Waals surface area contributed by atoms with E-state index < -0.39 is 36.2 Å². The summed E-state index contributed by atoms with van der Waals surface area (Å²) in [4.78, 5) is 25.6. The molecule has 1 unspecified atom stereocenters. The molecular weight excluding hydrogens is 431 g/mol. The average molecular weight is 465 g/mol. The molecule has 0 saturated heterocycles. The fourth-order valence-electron chi connectivity index (χ4n) is 2.94. The highest BCUT2D eigenvalue weighted by Gasteiger charge is 2.34. The van der Waals surface area contributed by atoms with Crippen LogP contribution in [0.4, 0.5) is 9.18 Å². The van der Waals surface area contributed by atoms with Crippen LogP contribution in [-0.2, 0) is 14.2 Å². The Labute approximate surface area is 194 Å². The molecule has 0 bridgehead atoms. The molecule has 9 heteroatoms. The number of carbonyl (C=O) groups is 2. The monoisotopic (exact) mass is 464 g/mol. The van der Waals surface area contributed by atoms with Crippen molar-refractivity contribution in [3.8, 4) is 11.3 Å². The minimum Gasteiger partial charge on any atom is -0.461 e. The van der Waals surface area contributed by atoms with Crippen molar-refractivity contribution in [1.29, 1.82) is 0 Å². The molecule has 182 valence electrons. The Hall–Kier alpha value is -2.94. The maximum absolute atomic E-state index is 13.3. The van der Waals surface area contributed by atoms with E-state index in [2.05, 4.69) is 5.16 Å². The lowest BCUT2D eigenvalue weighted by Gasteiger charge is -2.39. The number of nitrogens with zero attached hydrogens (tertiary/aromatic N) is 2. The first-order valence-corrected chi connectivity index (χ1v) is 10.8. The van der Waals surface area contributed by atoms with E-state index >= 15 is 0 Å². The highest BCUT2D eigenvalue weighted by Crippen LogP contribution is 2.31. The summed E-state index contributed by atoms with van der Waals surface area (Å²) in [7, 11) is 1.58. The number of alkyl halides is 1. The van der Waals surface area contributed by atoms with Crippen LogP contribution in [0.1, 0.15) is 70.1 Å². The highest BCUT2D eigenvalue weighted by molar-refractivity contribution is 5.88. The summed E-state index contributed by atoms with van der Waals surface area (Å²) >= 11 is 0. The number of ether oxygens (including phenoxy) is 3. The van der Waals surface area contributed by atoms with Crippen molar-refractivity contribution in [3.63, 3.8) is 0 Å². The third kappa shape index (κ3) is 7.28. The Morgan fingerprint density at radius 1 is 1.15 bits per heavy atom. The molecule has 1 heterocycles. The number of aromatic nitrogens is 1. The Morgan fingerprint density at radius 3 is 2.33 bits per heavy atom. The minimum atomic E-state index is -1.06. The molecule has 8 nitrogen and oxygen atoms in total.